The molecule has 1 aliphatic rings. The first-order valence-electron chi connectivity index (χ1n) is 7.17. The molecule has 1 unspecified atom stereocenters. The van der Waals surface area contributed by atoms with Crippen LogP contribution in [0.5, 0.6) is 0 Å². The van der Waals surface area contributed by atoms with Gasteiger partial charge in [0.2, 0.25) is 0 Å². The molecule has 0 bridgehead atoms. The number of nitro benzene ring substituents is 1. The Morgan fingerprint density at radius 3 is 2.59 bits per heavy atom. The third-order valence-electron chi connectivity index (χ3n) is 3.89. The number of rotatable bonds is 5. The molecule has 122 valence electrons. The van der Waals surface area contributed by atoms with Gasteiger partial charge in [0.15, 0.2) is 9.84 Å². The second-order valence-electron chi connectivity index (χ2n) is 5.93. The Kier molecular flexibility index (Phi) is 4.72. The molecule has 0 aliphatic carbocycles. The molecule has 1 N–H and O–H groups in total. The van der Waals surface area contributed by atoms with Gasteiger partial charge in [-0.2, -0.15) is 0 Å². The standard InChI is InChI=1S/C14H21N3O4S/c1-10(2)16-7-6-11(9-16)15-13-5-4-12(17(18)19)8-14(13)22(3,20)21/h4-5,8,10-11,15H,6-7,9H2,1-3H3. The van der Waals surface area contributed by atoms with Gasteiger partial charge in [0.1, 0.15) is 0 Å². The Balaban J connectivity index is 2.26. The van der Waals surface area contributed by atoms with Crippen LogP contribution in [-0.4, -0.2) is 49.7 Å². The van der Waals surface area contributed by atoms with Gasteiger partial charge in [-0.15, -0.1) is 0 Å². The number of benzene rings is 1. The first-order chi connectivity index (χ1) is 10.2. The number of likely N-dealkylation sites (tertiary alicyclic amines) is 1. The van der Waals surface area contributed by atoms with E-state index in [0.717, 1.165) is 31.8 Å². The molecule has 1 heterocycles. The second-order valence-corrected chi connectivity index (χ2v) is 7.91. The first-order valence-corrected chi connectivity index (χ1v) is 9.06. The topological polar surface area (TPSA) is 92.5 Å². The van der Waals surface area contributed by atoms with E-state index < -0.39 is 14.8 Å². The lowest BCUT2D eigenvalue weighted by atomic mass is 10.2. The van der Waals surface area contributed by atoms with E-state index in [4.69, 9.17) is 0 Å². The summed E-state index contributed by atoms with van der Waals surface area (Å²) in [6, 6.07) is 4.51. The highest BCUT2D eigenvalue weighted by Crippen LogP contribution is 2.28. The molecule has 1 saturated heterocycles. The maximum atomic E-state index is 11.9. The van der Waals surface area contributed by atoms with Crippen LogP contribution in [0.15, 0.2) is 23.1 Å². The van der Waals surface area contributed by atoms with Crippen LogP contribution in [0.3, 0.4) is 0 Å². The third-order valence-corrected chi connectivity index (χ3v) is 5.02. The fraction of sp³-hybridized carbons (Fsp3) is 0.571. The maximum absolute atomic E-state index is 11.9. The van der Waals surface area contributed by atoms with Gasteiger partial charge in [-0.1, -0.05) is 0 Å². The summed E-state index contributed by atoms with van der Waals surface area (Å²) in [5.41, 5.74) is 0.213. The average Bonchev–Trinajstić information content (AvgIpc) is 2.86. The van der Waals surface area contributed by atoms with Gasteiger partial charge in [0.05, 0.1) is 15.5 Å². The van der Waals surface area contributed by atoms with Gasteiger partial charge in [-0.25, -0.2) is 8.42 Å². The zero-order chi connectivity index (χ0) is 16.5. The predicted octanol–water partition coefficient (Wildman–Crippen LogP) is 1.89. The van der Waals surface area contributed by atoms with Crippen molar-refractivity contribution in [2.45, 2.75) is 37.2 Å². The highest BCUT2D eigenvalue weighted by atomic mass is 32.2. The predicted molar refractivity (Wildman–Crippen MR) is 84.9 cm³/mol. The molecule has 0 aromatic heterocycles. The molecule has 2 rings (SSSR count). The minimum Gasteiger partial charge on any atom is -0.380 e. The van der Waals surface area contributed by atoms with E-state index in [1.54, 1.807) is 0 Å². The van der Waals surface area contributed by atoms with Crippen LogP contribution in [0.2, 0.25) is 0 Å². The van der Waals surface area contributed by atoms with Crippen molar-refractivity contribution in [2.24, 2.45) is 0 Å². The van der Waals surface area contributed by atoms with E-state index in [-0.39, 0.29) is 16.6 Å². The molecule has 1 fully saturated rings. The molecule has 1 atom stereocenters. The highest BCUT2D eigenvalue weighted by Gasteiger charge is 2.26. The van der Waals surface area contributed by atoms with Crippen molar-refractivity contribution >= 4 is 21.2 Å². The zero-order valence-electron chi connectivity index (χ0n) is 12.9. The van der Waals surface area contributed by atoms with Gasteiger partial charge in [-0.05, 0) is 26.3 Å². The maximum Gasteiger partial charge on any atom is 0.270 e. The minimum atomic E-state index is -3.54. The fourth-order valence-corrected chi connectivity index (χ4v) is 3.51. The average molecular weight is 327 g/mol. The molecule has 1 aromatic rings. The number of non-ortho nitro benzene ring substituents is 1. The van der Waals surface area contributed by atoms with Crippen LogP contribution in [0.25, 0.3) is 0 Å². The number of hydrogen-bond donors (Lipinski definition) is 1. The normalized spacial score (nSPS) is 19.5. The SMILES string of the molecule is CC(C)N1CCC(Nc2ccc([N+](=O)[O-])cc2S(C)(=O)=O)C1. The lowest BCUT2D eigenvalue weighted by Crippen LogP contribution is -2.31. The number of nitrogens with zero attached hydrogens (tertiary/aromatic N) is 2. The summed E-state index contributed by atoms with van der Waals surface area (Å²) in [6.07, 6.45) is 1.98. The molecule has 22 heavy (non-hydrogen) atoms. The van der Waals surface area contributed by atoms with Gasteiger partial charge in [0.25, 0.3) is 5.69 Å². The Morgan fingerprint density at radius 1 is 1.41 bits per heavy atom. The van der Waals surface area contributed by atoms with Crippen molar-refractivity contribution in [3.05, 3.63) is 28.3 Å². The lowest BCUT2D eigenvalue weighted by Gasteiger charge is -2.21. The van der Waals surface area contributed by atoms with Crippen molar-refractivity contribution < 1.29 is 13.3 Å². The fourth-order valence-electron chi connectivity index (χ4n) is 2.64. The van der Waals surface area contributed by atoms with E-state index in [2.05, 4.69) is 24.1 Å². The van der Waals surface area contributed by atoms with Crippen LogP contribution in [0.1, 0.15) is 20.3 Å². The Labute approximate surface area is 130 Å². The second kappa shape index (κ2) is 6.21. The van der Waals surface area contributed by atoms with Crippen LogP contribution in [-0.2, 0) is 9.84 Å². The summed E-state index contributed by atoms with van der Waals surface area (Å²) in [5.74, 6) is 0. The van der Waals surface area contributed by atoms with E-state index in [1.807, 2.05) is 0 Å². The van der Waals surface area contributed by atoms with E-state index in [1.165, 1.54) is 12.1 Å². The van der Waals surface area contributed by atoms with Crippen molar-refractivity contribution in [3.8, 4) is 0 Å². The summed E-state index contributed by atoms with van der Waals surface area (Å²) < 4.78 is 23.8. The Bertz CT molecular complexity index is 673. The quantitative estimate of drug-likeness (QED) is 0.656. The van der Waals surface area contributed by atoms with E-state index in [9.17, 15) is 18.5 Å². The molecule has 0 radical (unpaired) electrons. The molecule has 0 saturated carbocycles. The van der Waals surface area contributed by atoms with Crippen molar-refractivity contribution in [1.82, 2.24) is 4.90 Å². The summed E-state index contributed by atoms with van der Waals surface area (Å²) in [7, 11) is -3.54. The van der Waals surface area contributed by atoms with Crippen LogP contribution >= 0.6 is 0 Å². The van der Waals surface area contributed by atoms with Crippen molar-refractivity contribution in [1.29, 1.82) is 0 Å². The van der Waals surface area contributed by atoms with E-state index in [0.29, 0.717) is 11.7 Å². The van der Waals surface area contributed by atoms with Gasteiger partial charge < -0.3 is 5.32 Å². The lowest BCUT2D eigenvalue weighted by molar-refractivity contribution is -0.385. The van der Waals surface area contributed by atoms with Gasteiger partial charge >= 0.3 is 0 Å². The summed E-state index contributed by atoms with van der Waals surface area (Å²) >= 11 is 0. The number of nitrogens with one attached hydrogen (secondary N) is 1. The molecule has 1 aliphatic heterocycles. The number of hydrogen-bond acceptors (Lipinski definition) is 6. The van der Waals surface area contributed by atoms with Gasteiger partial charge in [0, 0.05) is 43.6 Å². The molecule has 7 nitrogen and oxygen atoms in total. The zero-order valence-corrected chi connectivity index (χ0v) is 13.8. The third kappa shape index (κ3) is 3.75. The Hall–Kier alpha value is -1.67. The molecule has 0 amide bonds. The van der Waals surface area contributed by atoms with Crippen LogP contribution in [0.4, 0.5) is 11.4 Å². The van der Waals surface area contributed by atoms with Crippen LogP contribution in [0, 0.1) is 10.1 Å². The number of nitro groups is 1. The highest BCUT2D eigenvalue weighted by molar-refractivity contribution is 7.90. The first kappa shape index (κ1) is 16.7. The molecular formula is C14H21N3O4S. The largest absolute Gasteiger partial charge is 0.380 e. The summed E-state index contributed by atoms with van der Waals surface area (Å²) in [4.78, 5) is 12.5. The number of sulfone groups is 1. The summed E-state index contributed by atoms with van der Waals surface area (Å²) in [5, 5.41) is 14.1. The van der Waals surface area contributed by atoms with Crippen molar-refractivity contribution in [2.75, 3.05) is 24.7 Å². The molecule has 0 spiro atoms. The monoisotopic (exact) mass is 327 g/mol. The minimum absolute atomic E-state index is 0.0234. The number of anilines is 1. The van der Waals surface area contributed by atoms with E-state index >= 15 is 0 Å². The molecular weight excluding hydrogens is 306 g/mol. The summed E-state index contributed by atoms with van der Waals surface area (Å²) in [6.45, 7) is 6.03. The van der Waals surface area contributed by atoms with Gasteiger partial charge in [-0.3, -0.25) is 15.0 Å². The molecule has 1 aromatic carbocycles. The molecule has 8 heteroatoms. The Morgan fingerprint density at radius 2 is 2.09 bits per heavy atom. The smallest absolute Gasteiger partial charge is 0.270 e. The van der Waals surface area contributed by atoms with Crippen molar-refractivity contribution in [3.63, 3.8) is 0 Å². The van der Waals surface area contributed by atoms with Crippen LogP contribution < -0.4 is 5.32 Å².